The number of ketones is 1. The van der Waals surface area contributed by atoms with Crippen LogP contribution in [0.4, 0.5) is 0 Å². The fourth-order valence-electron chi connectivity index (χ4n) is 1.50. The molecule has 0 fully saturated rings. The van der Waals surface area contributed by atoms with Gasteiger partial charge in [0, 0.05) is 11.3 Å². The molecule has 0 rings (SSSR count). The van der Waals surface area contributed by atoms with Crippen LogP contribution < -0.4 is 0 Å². The van der Waals surface area contributed by atoms with E-state index in [1.165, 1.54) is 0 Å². The predicted octanol–water partition coefficient (Wildman–Crippen LogP) is 2.11. The molecule has 4 heteroatoms. The zero-order valence-corrected chi connectivity index (χ0v) is 11.1. The Kier molecular flexibility index (Phi) is 4.68. The molecule has 0 spiro atoms. The van der Waals surface area contributed by atoms with Gasteiger partial charge in [0.2, 0.25) is 6.41 Å². The van der Waals surface area contributed by atoms with Crippen molar-refractivity contribution in [2.75, 3.05) is 6.54 Å². The van der Waals surface area contributed by atoms with Crippen LogP contribution in [0, 0.1) is 16.7 Å². The van der Waals surface area contributed by atoms with E-state index in [0.29, 0.717) is 11.5 Å². The summed E-state index contributed by atoms with van der Waals surface area (Å²) in [5.41, 5.74) is -0.754. The maximum atomic E-state index is 12.2. The van der Waals surface area contributed by atoms with E-state index >= 15 is 0 Å². The van der Waals surface area contributed by atoms with Crippen LogP contribution in [0.2, 0.25) is 0 Å². The number of carbonyl (C=O) groups is 2. The lowest BCUT2D eigenvalue weighted by Gasteiger charge is -2.35. The van der Waals surface area contributed by atoms with E-state index in [0.717, 1.165) is 0 Å². The fraction of sp³-hybridized carbons (Fsp3) is 0.833. The molecular weight excluding hydrogens is 206 g/mol. The Labute approximate surface area is 97.6 Å². The van der Waals surface area contributed by atoms with Crippen molar-refractivity contribution in [2.45, 2.75) is 41.5 Å². The summed E-state index contributed by atoms with van der Waals surface area (Å²) >= 11 is 0. The smallest absolute Gasteiger partial charge is 0.233 e. The van der Waals surface area contributed by atoms with Crippen LogP contribution in [0.25, 0.3) is 0 Å². The minimum absolute atomic E-state index is 0.0447. The highest BCUT2D eigenvalue weighted by atomic mass is 16.5. The molecule has 0 aliphatic carbocycles. The van der Waals surface area contributed by atoms with Gasteiger partial charge < -0.3 is 0 Å². The van der Waals surface area contributed by atoms with Crippen LogP contribution in [0.3, 0.4) is 0 Å². The van der Waals surface area contributed by atoms with Crippen LogP contribution in [-0.2, 0) is 9.59 Å². The van der Waals surface area contributed by atoms with Crippen LogP contribution >= 0.6 is 0 Å². The number of hydrogen-bond donors (Lipinski definition) is 1. The van der Waals surface area contributed by atoms with Gasteiger partial charge in [0.15, 0.2) is 0 Å². The molecule has 0 aromatic heterocycles. The van der Waals surface area contributed by atoms with Gasteiger partial charge in [-0.2, -0.15) is 0 Å². The number of rotatable bonds is 4. The molecular formula is C12H23NO3. The highest BCUT2D eigenvalue weighted by Crippen LogP contribution is 2.33. The standard InChI is InChI=1S/C12H23NO3/c1-11(2,3)9(7-13(16)8-14)10(15)12(4,5)6/h8-9,16H,7H2,1-6H3. The Morgan fingerprint density at radius 3 is 1.94 bits per heavy atom. The molecule has 0 radical (unpaired) electrons. The first-order chi connectivity index (χ1) is 7.00. The Hall–Kier alpha value is -0.900. The number of hydroxylamine groups is 2. The Balaban J connectivity index is 4.97. The molecule has 4 nitrogen and oxygen atoms in total. The third-order valence-corrected chi connectivity index (χ3v) is 2.59. The van der Waals surface area contributed by atoms with Crippen molar-refractivity contribution < 1.29 is 14.8 Å². The van der Waals surface area contributed by atoms with E-state index in [1.54, 1.807) is 0 Å². The molecule has 0 aliphatic heterocycles. The lowest BCUT2D eigenvalue weighted by molar-refractivity contribution is -0.159. The number of nitrogens with zero attached hydrogens (tertiary/aromatic N) is 1. The summed E-state index contributed by atoms with van der Waals surface area (Å²) in [5, 5.41) is 9.76. The summed E-state index contributed by atoms with van der Waals surface area (Å²) < 4.78 is 0. The second-order valence-electron chi connectivity index (χ2n) is 6.26. The topological polar surface area (TPSA) is 57.6 Å². The van der Waals surface area contributed by atoms with Gasteiger partial charge in [-0.25, -0.2) is 5.06 Å². The quantitative estimate of drug-likeness (QED) is 0.456. The van der Waals surface area contributed by atoms with E-state index in [1.807, 2.05) is 41.5 Å². The van der Waals surface area contributed by atoms with E-state index in [2.05, 4.69) is 0 Å². The molecule has 1 N–H and O–H groups in total. The molecule has 0 heterocycles. The molecule has 1 atom stereocenters. The van der Waals surface area contributed by atoms with Crippen molar-refractivity contribution >= 4 is 12.2 Å². The summed E-state index contributed by atoms with van der Waals surface area (Å²) in [4.78, 5) is 22.6. The number of carbonyl (C=O) groups excluding carboxylic acids is 2. The normalized spacial score (nSPS) is 14.4. The van der Waals surface area contributed by atoms with E-state index in [9.17, 15) is 14.8 Å². The molecule has 0 saturated heterocycles. The van der Waals surface area contributed by atoms with Gasteiger partial charge in [-0.3, -0.25) is 14.8 Å². The molecule has 0 aromatic carbocycles. The Morgan fingerprint density at radius 2 is 1.69 bits per heavy atom. The third-order valence-electron chi connectivity index (χ3n) is 2.59. The highest BCUT2D eigenvalue weighted by Gasteiger charge is 2.38. The molecule has 1 amide bonds. The second kappa shape index (κ2) is 4.95. The van der Waals surface area contributed by atoms with Crippen LogP contribution in [0.15, 0.2) is 0 Å². The number of Topliss-reactive ketones (excluding diaryl/α,β-unsaturated/α-hetero) is 1. The summed E-state index contributed by atoms with van der Waals surface area (Å²) in [7, 11) is 0. The first-order valence-electron chi connectivity index (χ1n) is 5.45. The molecule has 0 saturated carbocycles. The largest absolute Gasteiger partial charge is 0.299 e. The van der Waals surface area contributed by atoms with E-state index in [4.69, 9.17) is 0 Å². The van der Waals surface area contributed by atoms with Gasteiger partial charge in [0.25, 0.3) is 0 Å². The van der Waals surface area contributed by atoms with Crippen molar-refractivity contribution in [1.29, 1.82) is 0 Å². The maximum Gasteiger partial charge on any atom is 0.233 e. The minimum atomic E-state index is -0.471. The molecule has 0 bridgehead atoms. The predicted molar refractivity (Wildman–Crippen MR) is 62.0 cm³/mol. The van der Waals surface area contributed by atoms with E-state index in [-0.39, 0.29) is 23.7 Å². The molecule has 0 aliphatic rings. The first-order valence-corrected chi connectivity index (χ1v) is 5.45. The van der Waals surface area contributed by atoms with Gasteiger partial charge in [-0.05, 0) is 5.41 Å². The van der Waals surface area contributed by atoms with Crippen molar-refractivity contribution in [3.63, 3.8) is 0 Å². The van der Waals surface area contributed by atoms with Crippen molar-refractivity contribution in [1.82, 2.24) is 5.06 Å². The van der Waals surface area contributed by atoms with Gasteiger partial charge in [0.05, 0.1) is 6.54 Å². The van der Waals surface area contributed by atoms with Crippen molar-refractivity contribution in [3.05, 3.63) is 0 Å². The summed E-state index contributed by atoms with van der Waals surface area (Å²) in [5.74, 6) is -0.316. The lowest BCUT2D eigenvalue weighted by atomic mass is 9.71. The molecule has 1 unspecified atom stereocenters. The molecule has 0 aromatic rings. The zero-order chi connectivity index (χ0) is 13.1. The van der Waals surface area contributed by atoms with Gasteiger partial charge >= 0.3 is 0 Å². The minimum Gasteiger partial charge on any atom is -0.299 e. The van der Waals surface area contributed by atoms with Crippen LogP contribution in [-0.4, -0.2) is 29.0 Å². The summed E-state index contributed by atoms with van der Waals surface area (Å²) in [6, 6.07) is 0. The van der Waals surface area contributed by atoms with Crippen LogP contribution in [0.1, 0.15) is 41.5 Å². The van der Waals surface area contributed by atoms with Gasteiger partial charge in [0.1, 0.15) is 5.78 Å². The zero-order valence-electron chi connectivity index (χ0n) is 11.1. The molecule has 16 heavy (non-hydrogen) atoms. The first kappa shape index (κ1) is 15.1. The molecule has 94 valence electrons. The summed E-state index contributed by atoms with van der Waals surface area (Å²) in [6.45, 7) is 11.4. The van der Waals surface area contributed by atoms with Gasteiger partial charge in [-0.1, -0.05) is 41.5 Å². The highest BCUT2D eigenvalue weighted by molar-refractivity contribution is 5.86. The van der Waals surface area contributed by atoms with Crippen molar-refractivity contribution in [2.24, 2.45) is 16.7 Å². The Morgan fingerprint density at radius 1 is 1.25 bits per heavy atom. The average Bonchev–Trinajstić information content (AvgIpc) is 2.09. The van der Waals surface area contributed by atoms with E-state index < -0.39 is 5.41 Å². The SMILES string of the molecule is CC(C)(C)C(=O)C(CN(O)C=O)C(C)(C)C. The van der Waals surface area contributed by atoms with Crippen LogP contribution in [0.5, 0.6) is 0 Å². The monoisotopic (exact) mass is 229 g/mol. The third kappa shape index (κ3) is 4.31. The van der Waals surface area contributed by atoms with Crippen molar-refractivity contribution in [3.8, 4) is 0 Å². The van der Waals surface area contributed by atoms with Gasteiger partial charge in [-0.15, -0.1) is 0 Å². The maximum absolute atomic E-state index is 12.2. The second-order valence-corrected chi connectivity index (χ2v) is 6.26. The Bertz CT molecular complexity index is 260. The average molecular weight is 229 g/mol. The lowest BCUT2D eigenvalue weighted by Crippen LogP contribution is -2.43. The fourth-order valence-corrected chi connectivity index (χ4v) is 1.50. The summed E-state index contributed by atoms with van der Waals surface area (Å²) in [6.07, 6.45) is 0.328. The number of amides is 1. The number of hydrogen-bond acceptors (Lipinski definition) is 3.